The van der Waals surface area contributed by atoms with Gasteiger partial charge >= 0.3 is 0 Å². The quantitative estimate of drug-likeness (QED) is 0.244. The third-order valence-electron chi connectivity index (χ3n) is 9.13. The Bertz CT molecular complexity index is 1730. The fourth-order valence-electron chi connectivity index (χ4n) is 6.85. The van der Waals surface area contributed by atoms with Crippen LogP contribution in [0.4, 0.5) is 0 Å². The van der Waals surface area contributed by atoms with Crippen LogP contribution < -0.4 is 18.9 Å². The molecule has 0 fully saturated rings. The molecule has 2 aliphatic heterocycles. The van der Waals surface area contributed by atoms with Crippen molar-refractivity contribution in [3.63, 3.8) is 0 Å². The summed E-state index contributed by atoms with van der Waals surface area (Å²) in [6.45, 7) is 14.0. The highest BCUT2D eigenvalue weighted by Gasteiger charge is 2.37. The number of aryl methyl sites for hydroxylation is 4. The molecule has 2 unspecified atom stereocenters. The zero-order chi connectivity index (χ0) is 29.7. The van der Waals surface area contributed by atoms with E-state index < -0.39 is 0 Å². The summed E-state index contributed by atoms with van der Waals surface area (Å²) < 4.78 is 24.7. The molecule has 6 rings (SSSR count). The van der Waals surface area contributed by atoms with Crippen LogP contribution in [-0.2, 0) is 0 Å². The van der Waals surface area contributed by atoms with Crippen molar-refractivity contribution >= 4 is 11.6 Å². The van der Waals surface area contributed by atoms with E-state index in [2.05, 4.69) is 102 Å². The van der Waals surface area contributed by atoms with Crippen molar-refractivity contribution < 1.29 is 18.9 Å². The first-order chi connectivity index (χ1) is 20.2. The van der Waals surface area contributed by atoms with Gasteiger partial charge in [-0.25, -0.2) is 0 Å². The molecule has 0 spiro atoms. The molecule has 0 saturated carbocycles. The minimum atomic E-state index is 0.0367. The molecule has 2 aliphatic rings. The largest absolute Gasteiger partial charge is 0.496 e. The Morgan fingerprint density at radius 2 is 1.40 bits per heavy atom. The van der Waals surface area contributed by atoms with Gasteiger partial charge in [-0.3, -0.25) is 0 Å². The van der Waals surface area contributed by atoms with E-state index in [0.717, 1.165) is 39.7 Å². The maximum Gasteiger partial charge on any atom is 0.127 e. The number of methoxy groups -OCH3 is 2. The molecular weight excluding hydrogens is 520 g/mol. The first-order valence-electron chi connectivity index (χ1n) is 14.7. The van der Waals surface area contributed by atoms with Crippen molar-refractivity contribution in [3.05, 3.63) is 116 Å². The predicted molar refractivity (Wildman–Crippen MR) is 171 cm³/mol. The molecule has 0 amide bonds. The predicted octanol–water partition coefficient (Wildman–Crippen LogP) is 8.80. The van der Waals surface area contributed by atoms with E-state index in [4.69, 9.17) is 18.9 Å². The van der Waals surface area contributed by atoms with E-state index in [-0.39, 0.29) is 11.8 Å². The smallest absolute Gasteiger partial charge is 0.127 e. The van der Waals surface area contributed by atoms with E-state index in [1.54, 1.807) is 14.2 Å². The zero-order valence-electron chi connectivity index (χ0n) is 26.0. The van der Waals surface area contributed by atoms with Gasteiger partial charge in [-0.2, -0.15) is 0 Å². The highest BCUT2D eigenvalue weighted by atomic mass is 16.5. The minimum Gasteiger partial charge on any atom is -0.496 e. The summed E-state index contributed by atoms with van der Waals surface area (Å²) in [6.07, 6.45) is 2.27. The molecule has 0 N–H and O–H groups in total. The third kappa shape index (κ3) is 4.73. The zero-order valence-corrected chi connectivity index (χ0v) is 26.0. The average Bonchev–Trinajstić information content (AvgIpc) is 2.98. The summed E-state index contributed by atoms with van der Waals surface area (Å²) in [5.74, 6) is 3.87. The first-order valence-corrected chi connectivity index (χ1v) is 14.7. The standard InChI is InChI=1S/C38H40O4/c1-21-9-11-27-17-28(19-41-34(27)13-21)30-18-32(35(39-7)16-23(30)3)37-29-12-10-22(2)14-36(29)42-20-33(37)31-15-24(4)38(40-8)26(6)25(31)5/h9-18,33,37H,19-20H2,1-8H3. The van der Waals surface area contributed by atoms with Crippen LogP contribution in [0, 0.1) is 41.5 Å². The molecule has 4 heteroatoms. The second kappa shape index (κ2) is 10.9. The van der Waals surface area contributed by atoms with Crippen molar-refractivity contribution in [3.8, 4) is 23.0 Å². The number of hydrogen-bond donors (Lipinski definition) is 0. The van der Waals surface area contributed by atoms with Gasteiger partial charge in [-0.05, 0) is 122 Å². The Morgan fingerprint density at radius 3 is 2.14 bits per heavy atom. The van der Waals surface area contributed by atoms with Gasteiger partial charge in [-0.1, -0.05) is 30.3 Å². The molecule has 4 aromatic carbocycles. The summed E-state index contributed by atoms with van der Waals surface area (Å²) in [5, 5.41) is 0. The van der Waals surface area contributed by atoms with Crippen molar-refractivity contribution in [1.82, 2.24) is 0 Å². The lowest BCUT2D eigenvalue weighted by atomic mass is 9.73. The maximum absolute atomic E-state index is 6.50. The third-order valence-corrected chi connectivity index (χ3v) is 9.13. The maximum atomic E-state index is 6.50. The normalized spacial score (nSPS) is 17.4. The molecule has 4 nitrogen and oxygen atoms in total. The summed E-state index contributed by atoms with van der Waals surface area (Å²) in [4.78, 5) is 0. The summed E-state index contributed by atoms with van der Waals surface area (Å²) in [6, 6.07) is 19.8. The molecule has 2 atom stereocenters. The molecule has 0 aromatic heterocycles. The Kier molecular flexibility index (Phi) is 7.26. The lowest BCUT2D eigenvalue weighted by molar-refractivity contribution is 0.246. The summed E-state index contributed by atoms with van der Waals surface area (Å²) in [5.41, 5.74) is 14.2. The van der Waals surface area contributed by atoms with E-state index in [1.165, 1.54) is 50.1 Å². The second-order valence-electron chi connectivity index (χ2n) is 11.9. The van der Waals surface area contributed by atoms with Crippen LogP contribution in [0.5, 0.6) is 23.0 Å². The number of benzene rings is 4. The fraction of sp³-hybridized carbons (Fsp3) is 0.316. The van der Waals surface area contributed by atoms with Crippen LogP contribution in [0.3, 0.4) is 0 Å². The molecule has 2 heterocycles. The van der Waals surface area contributed by atoms with Crippen molar-refractivity contribution in [1.29, 1.82) is 0 Å². The topological polar surface area (TPSA) is 36.9 Å². The Labute approximate surface area is 249 Å². The van der Waals surface area contributed by atoms with Gasteiger partial charge in [0.25, 0.3) is 0 Å². The molecule has 0 aliphatic carbocycles. The van der Waals surface area contributed by atoms with Gasteiger partial charge in [0.2, 0.25) is 0 Å². The number of hydrogen-bond acceptors (Lipinski definition) is 4. The van der Waals surface area contributed by atoms with Crippen LogP contribution in [0.1, 0.15) is 73.0 Å². The first kappa shape index (κ1) is 28.0. The second-order valence-corrected chi connectivity index (χ2v) is 11.9. The van der Waals surface area contributed by atoms with Crippen molar-refractivity contribution in [2.24, 2.45) is 0 Å². The number of rotatable bonds is 5. The van der Waals surface area contributed by atoms with E-state index in [9.17, 15) is 0 Å². The van der Waals surface area contributed by atoms with Gasteiger partial charge < -0.3 is 18.9 Å². The summed E-state index contributed by atoms with van der Waals surface area (Å²) in [7, 11) is 3.53. The van der Waals surface area contributed by atoms with Crippen LogP contribution >= 0.6 is 0 Å². The SMILES string of the molecule is COc1cc(C)c(C2=Cc3ccc(C)cc3OC2)cc1C1c2ccc(C)cc2OCC1c1cc(C)c(OC)c(C)c1C. The molecule has 0 radical (unpaired) electrons. The molecule has 4 aromatic rings. The lowest BCUT2D eigenvalue weighted by Gasteiger charge is -2.37. The van der Waals surface area contributed by atoms with Gasteiger partial charge in [0, 0.05) is 28.5 Å². The molecular formula is C38H40O4. The molecule has 42 heavy (non-hydrogen) atoms. The molecule has 216 valence electrons. The Balaban J connectivity index is 1.56. The summed E-state index contributed by atoms with van der Waals surface area (Å²) >= 11 is 0. The van der Waals surface area contributed by atoms with Crippen LogP contribution in [0.2, 0.25) is 0 Å². The highest BCUT2D eigenvalue weighted by molar-refractivity contribution is 5.87. The van der Waals surface area contributed by atoms with Crippen molar-refractivity contribution in [2.45, 2.75) is 53.4 Å². The Hall–Kier alpha value is -4.18. The van der Waals surface area contributed by atoms with Crippen LogP contribution in [-0.4, -0.2) is 27.4 Å². The highest BCUT2D eigenvalue weighted by Crippen LogP contribution is 2.51. The minimum absolute atomic E-state index is 0.0367. The Morgan fingerprint density at radius 1 is 0.667 bits per heavy atom. The molecule has 0 bridgehead atoms. The van der Waals surface area contributed by atoms with Gasteiger partial charge in [0.15, 0.2) is 0 Å². The van der Waals surface area contributed by atoms with Crippen molar-refractivity contribution in [2.75, 3.05) is 27.4 Å². The van der Waals surface area contributed by atoms with Crippen LogP contribution in [0.15, 0.2) is 54.6 Å². The lowest BCUT2D eigenvalue weighted by Crippen LogP contribution is -2.27. The fourth-order valence-corrected chi connectivity index (χ4v) is 6.85. The monoisotopic (exact) mass is 560 g/mol. The van der Waals surface area contributed by atoms with Gasteiger partial charge in [0.1, 0.15) is 29.6 Å². The van der Waals surface area contributed by atoms with E-state index in [1.807, 2.05) is 0 Å². The van der Waals surface area contributed by atoms with E-state index in [0.29, 0.717) is 13.2 Å². The number of fused-ring (bicyclic) bond motifs is 2. The van der Waals surface area contributed by atoms with Gasteiger partial charge in [-0.15, -0.1) is 0 Å². The number of ether oxygens (including phenoxy) is 4. The van der Waals surface area contributed by atoms with Gasteiger partial charge in [0.05, 0.1) is 20.8 Å². The van der Waals surface area contributed by atoms with Crippen LogP contribution in [0.25, 0.3) is 11.6 Å². The molecule has 0 saturated heterocycles. The average molecular weight is 561 g/mol. The van der Waals surface area contributed by atoms with E-state index >= 15 is 0 Å².